The van der Waals surface area contributed by atoms with Gasteiger partial charge in [0, 0.05) is 47.0 Å². The van der Waals surface area contributed by atoms with Crippen molar-refractivity contribution in [1.29, 1.82) is 0 Å². The van der Waals surface area contributed by atoms with Crippen LogP contribution in [0.25, 0.3) is 0 Å². The van der Waals surface area contributed by atoms with E-state index in [-0.39, 0.29) is 48.9 Å². The highest BCUT2D eigenvalue weighted by atomic mass is 127. The normalized spacial score (nSPS) is 14.9. The first kappa shape index (κ1) is 22.2. The van der Waals surface area contributed by atoms with Crippen molar-refractivity contribution in [2.75, 3.05) is 58.4 Å². The van der Waals surface area contributed by atoms with Gasteiger partial charge in [-0.3, -0.25) is 19.3 Å². The van der Waals surface area contributed by atoms with Crippen molar-refractivity contribution >= 4 is 47.4 Å². The molecular formula is C15H26IN7O3. The molecule has 10 nitrogen and oxygen atoms in total. The molecule has 0 bridgehead atoms. The average molecular weight is 479 g/mol. The Kier molecular flexibility index (Phi) is 9.34. The predicted octanol–water partition coefficient (Wildman–Crippen LogP) is -0.975. The molecule has 2 amide bonds. The van der Waals surface area contributed by atoms with Crippen LogP contribution in [0.5, 0.6) is 0 Å². The molecular weight excluding hydrogens is 453 g/mol. The van der Waals surface area contributed by atoms with Gasteiger partial charge < -0.3 is 25.2 Å². The molecule has 0 aromatic carbocycles. The monoisotopic (exact) mass is 479 g/mol. The smallest absolute Gasteiger partial charge is 0.246 e. The van der Waals surface area contributed by atoms with Crippen molar-refractivity contribution in [3.63, 3.8) is 0 Å². The van der Waals surface area contributed by atoms with Gasteiger partial charge in [-0.2, -0.15) is 5.10 Å². The minimum Gasteiger partial charge on any atom is -0.383 e. The Morgan fingerprint density at radius 3 is 2.73 bits per heavy atom. The molecule has 1 aliphatic heterocycles. The Balaban J connectivity index is 0.00000338. The van der Waals surface area contributed by atoms with Crippen LogP contribution >= 0.6 is 24.0 Å². The number of aliphatic imine (C=N–C) groups is 1. The molecule has 0 atom stereocenters. The minimum atomic E-state index is -0.154. The molecule has 2 N–H and O–H groups in total. The fraction of sp³-hybridized carbons (Fsp3) is 0.600. The molecule has 0 spiro atoms. The van der Waals surface area contributed by atoms with Crippen LogP contribution in [0.2, 0.25) is 0 Å². The number of guanidine groups is 1. The Morgan fingerprint density at radius 2 is 2.15 bits per heavy atom. The summed E-state index contributed by atoms with van der Waals surface area (Å²) >= 11 is 0. The molecule has 1 fully saturated rings. The molecule has 26 heavy (non-hydrogen) atoms. The highest BCUT2D eigenvalue weighted by molar-refractivity contribution is 14.0. The lowest BCUT2D eigenvalue weighted by atomic mass is 10.3. The third-order valence-electron chi connectivity index (χ3n) is 3.77. The maximum absolute atomic E-state index is 12.4. The van der Waals surface area contributed by atoms with E-state index in [1.807, 2.05) is 18.1 Å². The zero-order valence-corrected chi connectivity index (χ0v) is 17.6. The number of rotatable bonds is 6. The molecule has 2 heterocycles. The van der Waals surface area contributed by atoms with Gasteiger partial charge in [-0.05, 0) is 0 Å². The number of aryl methyl sites for hydroxylation is 1. The van der Waals surface area contributed by atoms with Crippen LogP contribution in [0.1, 0.15) is 0 Å². The lowest BCUT2D eigenvalue weighted by Gasteiger charge is -2.35. The number of ether oxygens (including phenoxy) is 1. The van der Waals surface area contributed by atoms with Crippen LogP contribution in [0.15, 0.2) is 17.4 Å². The number of anilines is 1. The molecule has 1 saturated heterocycles. The Labute approximate surface area is 170 Å². The van der Waals surface area contributed by atoms with Crippen molar-refractivity contribution < 1.29 is 14.3 Å². The first-order chi connectivity index (χ1) is 12.0. The summed E-state index contributed by atoms with van der Waals surface area (Å²) < 4.78 is 6.54. The third-order valence-corrected chi connectivity index (χ3v) is 3.77. The summed E-state index contributed by atoms with van der Waals surface area (Å²) in [5, 5.41) is 9.80. The standard InChI is InChI=1S/C15H25N7O3.HI/c1-16-15(18-9-13(23)17-4-7-25-3)21-5-6-22(14(24)11-21)12-8-19-20(2)10-12;/h8,10H,4-7,9,11H2,1-3H3,(H,16,18)(H,17,23);1H. The van der Waals surface area contributed by atoms with Crippen LogP contribution in [-0.4, -0.2) is 85.9 Å². The number of aromatic nitrogens is 2. The first-order valence-corrected chi connectivity index (χ1v) is 8.05. The van der Waals surface area contributed by atoms with Gasteiger partial charge in [0.2, 0.25) is 11.8 Å². The van der Waals surface area contributed by atoms with E-state index in [2.05, 4.69) is 20.7 Å². The summed E-state index contributed by atoms with van der Waals surface area (Å²) in [6.07, 6.45) is 3.48. The Bertz CT molecular complexity index is 635. The summed E-state index contributed by atoms with van der Waals surface area (Å²) in [5.41, 5.74) is 0.785. The number of halogens is 1. The fourth-order valence-electron chi connectivity index (χ4n) is 2.52. The minimum absolute atomic E-state index is 0. The van der Waals surface area contributed by atoms with E-state index < -0.39 is 0 Å². The summed E-state index contributed by atoms with van der Waals surface area (Å²) in [6, 6.07) is 0. The van der Waals surface area contributed by atoms with Gasteiger partial charge in [-0.25, -0.2) is 0 Å². The van der Waals surface area contributed by atoms with Crippen molar-refractivity contribution in [2.45, 2.75) is 0 Å². The zero-order valence-electron chi connectivity index (χ0n) is 15.3. The van der Waals surface area contributed by atoms with Crippen LogP contribution in [0, 0.1) is 0 Å². The molecule has 0 radical (unpaired) electrons. The second-order valence-electron chi connectivity index (χ2n) is 5.58. The summed E-state index contributed by atoms with van der Waals surface area (Å²) in [6.45, 7) is 2.35. The van der Waals surface area contributed by atoms with Crippen molar-refractivity contribution in [2.24, 2.45) is 12.0 Å². The van der Waals surface area contributed by atoms with E-state index in [1.165, 1.54) is 0 Å². The number of carbonyl (C=O) groups excluding carboxylic acids is 2. The van der Waals surface area contributed by atoms with Crippen molar-refractivity contribution in [3.05, 3.63) is 12.4 Å². The fourth-order valence-corrected chi connectivity index (χ4v) is 2.52. The molecule has 0 saturated carbocycles. The van der Waals surface area contributed by atoms with Gasteiger partial charge in [0.1, 0.15) is 6.54 Å². The predicted molar refractivity (Wildman–Crippen MR) is 109 cm³/mol. The molecule has 1 aromatic heterocycles. The van der Waals surface area contributed by atoms with E-state index >= 15 is 0 Å². The molecule has 0 aliphatic carbocycles. The van der Waals surface area contributed by atoms with Crippen LogP contribution in [0.3, 0.4) is 0 Å². The van der Waals surface area contributed by atoms with E-state index in [4.69, 9.17) is 4.74 Å². The van der Waals surface area contributed by atoms with E-state index in [0.717, 1.165) is 5.69 Å². The van der Waals surface area contributed by atoms with Crippen LogP contribution < -0.4 is 15.5 Å². The summed E-state index contributed by atoms with van der Waals surface area (Å²) in [5.74, 6) is 0.339. The lowest BCUT2D eigenvalue weighted by Crippen LogP contribution is -2.56. The van der Waals surface area contributed by atoms with Crippen LogP contribution in [0.4, 0.5) is 5.69 Å². The molecule has 0 unspecified atom stereocenters. The van der Waals surface area contributed by atoms with E-state index in [0.29, 0.717) is 32.2 Å². The number of carbonyl (C=O) groups is 2. The molecule has 11 heteroatoms. The molecule has 1 aromatic rings. The third kappa shape index (κ3) is 6.12. The second kappa shape index (κ2) is 11.0. The van der Waals surface area contributed by atoms with E-state index in [9.17, 15) is 9.59 Å². The largest absolute Gasteiger partial charge is 0.383 e. The average Bonchev–Trinajstić information content (AvgIpc) is 3.02. The number of hydrogen-bond donors (Lipinski definition) is 2. The highest BCUT2D eigenvalue weighted by Crippen LogP contribution is 2.15. The number of piperazine rings is 1. The Hall–Kier alpha value is -1.89. The maximum atomic E-state index is 12.4. The molecule has 146 valence electrons. The number of nitrogens with one attached hydrogen (secondary N) is 2. The maximum Gasteiger partial charge on any atom is 0.246 e. The van der Waals surface area contributed by atoms with Gasteiger partial charge in [-0.1, -0.05) is 0 Å². The molecule has 2 rings (SSSR count). The van der Waals surface area contributed by atoms with Crippen LogP contribution in [-0.2, 0) is 21.4 Å². The SMILES string of the molecule is CN=C(NCC(=O)NCCOC)N1CCN(c2cnn(C)c2)C(=O)C1.I. The quantitative estimate of drug-likeness (QED) is 0.236. The van der Waals surface area contributed by atoms with Gasteiger partial charge >= 0.3 is 0 Å². The number of amides is 2. The lowest BCUT2D eigenvalue weighted by molar-refractivity contribution is -0.120. The topological polar surface area (TPSA) is 104 Å². The number of nitrogens with zero attached hydrogens (tertiary/aromatic N) is 5. The summed E-state index contributed by atoms with van der Waals surface area (Å²) in [4.78, 5) is 31.8. The highest BCUT2D eigenvalue weighted by Gasteiger charge is 2.27. The van der Waals surface area contributed by atoms with Gasteiger partial charge in [0.25, 0.3) is 0 Å². The van der Waals surface area contributed by atoms with Gasteiger partial charge in [0.05, 0.1) is 25.0 Å². The number of methoxy groups -OCH3 is 1. The first-order valence-electron chi connectivity index (χ1n) is 8.05. The van der Waals surface area contributed by atoms with E-state index in [1.54, 1.807) is 29.9 Å². The Morgan fingerprint density at radius 1 is 1.38 bits per heavy atom. The van der Waals surface area contributed by atoms with Crippen molar-refractivity contribution in [3.8, 4) is 0 Å². The van der Waals surface area contributed by atoms with Crippen molar-refractivity contribution in [1.82, 2.24) is 25.3 Å². The summed E-state index contributed by atoms with van der Waals surface area (Å²) in [7, 11) is 5.02. The van der Waals surface area contributed by atoms with Gasteiger partial charge in [-0.15, -0.1) is 24.0 Å². The zero-order chi connectivity index (χ0) is 18.2. The number of hydrogen-bond acceptors (Lipinski definition) is 5. The molecule has 1 aliphatic rings. The van der Waals surface area contributed by atoms with Gasteiger partial charge in [0.15, 0.2) is 5.96 Å². The second-order valence-corrected chi connectivity index (χ2v) is 5.58.